The van der Waals surface area contributed by atoms with Crippen LogP contribution in [0.2, 0.25) is 0 Å². The molecule has 7 heteroatoms. The molecular weight excluding hydrogens is 292 g/mol. The minimum absolute atomic E-state index is 0.0932. The van der Waals surface area contributed by atoms with E-state index in [1.165, 1.54) is 16.4 Å². The number of aliphatic hydroxyl groups excluding tert-OH is 1. The van der Waals surface area contributed by atoms with Crippen LogP contribution in [0.4, 0.5) is 0 Å². The molecule has 0 bridgehead atoms. The molecule has 21 heavy (non-hydrogen) atoms. The summed E-state index contributed by atoms with van der Waals surface area (Å²) in [7, 11) is -3.62. The van der Waals surface area contributed by atoms with Gasteiger partial charge in [0.25, 0.3) is 5.91 Å². The van der Waals surface area contributed by atoms with Gasteiger partial charge in [0.05, 0.1) is 11.0 Å². The van der Waals surface area contributed by atoms with Crippen LogP contribution in [0.25, 0.3) is 0 Å². The lowest BCUT2D eigenvalue weighted by molar-refractivity contribution is 0.0547. The number of amides is 1. The average Bonchev–Trinajstić information content (AvgIpc) is 2.39. The van der Waals surface area contributed by atoms with Crippen molar-refractivity contribution in [3.05, 3.63) is 29.8 Å². The van der Waals surface area contributed by atoms with E-state index < -0.39 is 16.1 Å². The van der Waals surface area contributed by atoms with Crippen LogP contribution < -0.4 is 5.32 Å². The van der Waals surface area contributed by atoms with Gasteiger partial charge < -0.3 is 10.4 Å². The van der Waals surface area contributed by atoms with Crippen molar-refractivity contribution in [3.63, 3.8) is 0 Å². The van der Waals surface area contributed by atoms with Crippen molar-refractivity contribution in [2.75, 3.05) is 13.1 Å². The largest absolute Gasteiger partial charge is 0.390 e. The zero-order valence-corrected chi connectivity index (χ0v) is 12.3. The van der Waals surface area contributed by atoms with Gasteiger partial charge in [-0.2, -0.15) is 4.31 Å². The lowest BCUT2D eigenvalue weighted by atomic mass is 9.93. The van der Waals surface area contributed by atoms with Gasteiger partial charge >= 0.3 is 0 Å². The third-order valence-electron chi connectivity index (χ3n) is 4.00. The smallest absolute Gasteiger partial charge is 0.251 e. The van der Waals surface area contributed by atoms with Crippen molar-refractivity contribution in [2.45, 2.75) is 36.3 Å². The summed E-state index contributed by atoms with van der Waals surface area (Å²) in [5.74, 6) is -0.236. The standard InChI is InChI=1S/C14H18N2O4S/c17-12-8-16(9-12)21(19,20)13-6-1-3-10(7-13)14(18)15-11-4-2-5-11/h1,3,6-7,11-12,17H,2,4-5,8-9H2,(H,15,18). The van der Waals surface area contributed by atoms with Gasteiger partial charge in [-0.15, -0.1) is 0 Å². The molecule has 0 aromatic heterocycles. The van der Waals surface area contributed by atoms with Crippen LogP contribution >= 0.6 is 0 Å². The highest BCUT2D eigenvalue weighted by Crippen LogP contribution is 2.23. The molecule has 1 aliphatic heterocycles. The number of nitrogens with zero attached hydrogens (tertiary/aromatic N) is 1. The molecule has 0 atom stereocenters. The number of β-amino-alcohol motifs (C(OH)–C–C–N with tert-alkyl or cyclic N) is 1. The van der Waals surface area contributed by atoms with Crippen LogP contribution in [-0.2, 0) is 10.0 Å². The second kappa shape index (κ2) is 5.40. The summed E-state index contributed by atoms with van der Waals surface area (Å²) >= 11 is 0. The number of aliphatic hydroxyl groups is 1. The van der Waals surface area contributed by atoms with Crippen LogP contribution in [0.15, 0.2) is 29.2 Å². The summed E-state index contributed by atoms with van der Waals surface area (Å²) in [6, 6.07) is 6.26. The predicted octanol–water partition coefficient (Wildman–Crippen LogP) is 0.334. The zero-order chi connectivity index (χ0) is 15.0. The van der Waals surface area contributed by atoms with Crippen molar-refractivity contribution in [1.82, 2.24) is 9.62 Å². The maximum Gasteiger partial charge on any atom is 0.251 e. The highest BCUT2D eigenvalue weighted by atomic mass is 32.2. The van der Waals surface area contributed by atoms with Gasteiger partial charge in [0.15, 0.2) is 0 Å². The summed E-state index contributed by atoms with van der Waals surface area (Å²) < 4.78 is 25.8. The normalized spacial score (nSPS) is 20.6. The highest BCUT2D eigenvalue weighted by molar-refractivity contribution is 7.89. The van der Waals surface area contributed by atoms with Crippen LogP contribution in [0, 0.1) is 0 Å². The first kappa shape index (κ1) is 14.5. The highest BCUT2D eigenvalue weighted by Gasteiger charge is 2.35. The van der Waals surface area contributed by atoms with Gasteiger partial charge in [-0.25, -0.2) is 8.42 Å². The van der Waals surface area contributed by atoms with Crippen LogP contribution in [0.3, 0.4) is 0 Å². The monoisotopic (exact) mass is 310 g/mol. The molecule has 2 aliphatic rings. The second-order valence-corrected chi connectivity index (χ2v) is 7.54. The Kier molecular flexibility index (Phi) is 3.73. The van der Waals surface area contributed by atoms with Gasteiger partial charge in [0.2, 0.25) is 10.0 Å². The van der Waals surface area contributed by atoms with E-state index in [0.717, 1.165) is 19.3 Å². The van der Waals surface area contributed by atoms with Crippen molar-refractivity contribution in [3.8, 4) is 0 Å². The molecule has 1 saturated carbocycles. The number of carbonyl (C=O) groups is 1. The van der Waals surface area contributed by atoms with Gasteiger partial charge in [0.1, 0.15) is 0 Å². The van der Waals surface area contributed by atoms with Gasteiger partial charge in [-0.1, -0.05) is 6.07 Å². The van der Waals surface area contributed by atoms with E-state index in [-0.39, 0.29) is 29.9 Å². The maximum atomic E-state index is 12.3. The topological polar surface area (TPSA) is 86.7 Å². The molecule has 1 aromatic rings. The average molecular weight is 310 g/mol. The molecule has 114 valence electrons. The SMILES string of the molecule is O=C(NC1CCC1)c1cccc(S(=O)(=O)N2CC(O)C2)c1. The van der Waals surface area contributed by atoms with Gasteiger partial charge in [-0.05, 0) is 37.5 Å². The molecule has 0 spiro atoms. The number of benzene rings is 1. The molecule has 1 heterocycles. The molecule has 3 rings (SSSR count). The summed E-state index contributed by atoms with van der Waals surface area (Å²) in [4.78, 5) is 12.2. The Balaban J connectivity index is 1.77. The number of sulfonamides is 1. The first-order valence-corrected chi connectivity index (χ1v) is 8.50. The van der Waals surface area contributed by atoms with Crippen LogP contribution in [-0.4, -0.2) is 49.0 Å². The molecule has 0 unspecified atom stereocenters. The number of nitrogens with one attached hydrogen (secondary N) is 1. The van der Waals surface area contributed by atoms with E-state index in [1.54, 1.807) is 12.1 Å². The lowest BCUT2D eigenvalue weighted by Gasteiger charge is -2.34. The Morgan fingerprint density at radius 1 is 1.29 bits per heavy atom. The Morgan fingerprint density at radius 3 is 2.57 bits per heavy atom. The summed E-state index contributed by atoms with van der Waals surface area (Å²) in [6.45, 7) is 0.224. The van der Waals surface area contributed by atoms with E-state index in [1.807, 2.05) is 0 Å². The van der Waals surface area contributed by atoms with Crippen molar-refractivity contribution < 1.29 is 18.3 Å². The molecule has 2 fully saturated rings. The Labute approximate surface area is 123 Å². The maximum absolute atomic E-state index is 12.3. The van der Waals surface area contributed by atoms with E-state index in [4.69, 9.17) is 0 Å². The predicted molar refractivity (Wildman–Crippen MR) is 76.3 cm³/mol. The molecule has 0 radical (unpaired) electrons. The summed E-state index contributed by atoms with van der Waals surface area (Å²) in [5, 5.41) is 12.1. The number of rotatable bonds is 4. The molecule has 1 amide bonds. The van der Waals surface area contributed by atoms with Crippen molar-refractivity contribution >= 4 is 15.9 Å². The van der Waals surface area contributed by atoms with Crippen molar-refractivity contribution in [1.29, 1.82) is 0 Å². The Bertz CT molecular complexity index is 649. The minimum Gasteiger partial charge on any atom is -0.390 e. The van der Waals surface area contributed by atoms with E-state index in [0.29, 0.717) is 5.56 Å². The minimum atomic E-state index is -3.62. The van der Waals surface area contributed by atoms with Gasteiger partial charge in [-0.3, -0.25) is 4.79 Å². The molecule has 6 nitrogen and oxygen atoms in total. The fourth-order valence-corrected chi connectivity index (χ4v) is 3.94. The fourth-order valence-electron chi connectivity index (χ4n) is 2.38. The zero-order valence-electron chi connectivity index (χ0n) is 11.5. The first-order chi connectivity index (χ1) is 9.96. The third-order valence-corrected chi connectivity index (χ3v) is 5.83. The second-order valence-electron chi connectivity index (χ2n) is 5.60. The fraction of sp³-hybridized carbons (Fsp3) is 0.500. The number of carbonyl (C=O) groups excluding carboxylic acids is 1. The van der Waals surface area contributed by atoms with E-state index in [9.17, 15) is 18.3 Å². The van der Waals surface area contributed by atoms with Gasteiger partial charge in [0, 0.05) is 24.7 Å². The van der Waals surface area contributed by atoms with E-state index in [2.05, 4.69) is 5.32 Å². The van der Waals surface area contributed by atoms with Crippen LogP contribution in [0.1, 0.15) is 29.6 Å². The van der Waals surface area contributed by atoms with Crippen LogP contribution in [0.5, 0.6) is 0 Å². The molecule has 1 aromatic carbocycles. The molecule has 1 saturated heterocycles. The summed E-state index contributed by atoms with van der Waals surface area (Å²) in [6.07, 6.45) is 2.49. The quantitative estimate of drug-likeness (QED) is 0.839. The molecule has 2 N–H and O–H groups in total. The van der Waals surface area contributed by atoms with E-state index >= 15 is 0 Å². The molecular formula is C14H18N2O4S. The third kappa shape index (κ3) is 2.81. The number of hydrogen-bond acceptors (Lipinski definition) is 4. The molecule has 1 aliphatic carbocycles. The Hall–Kier alpha value is -1.44. The summed E-state index contributed by atoms with van der Waals surface area (Å²) in [5.41, 5.74) is 0.351. The Morgan fingerprint density at radius 2 is 2.00 bits per heavy atom. The lowest BCUT2D eigenvalue weighted by Crippen LogP contribution is -2.53. The first-order valence-electron chi connectivity index (χ1n) is 7.06. The number of hydrogen-bond donors (Lipinski definition) is 2. The van der Waals surface area contributed by atoms with Crippen molar-refractivity contribution in [2.24, 2.45) is 0 Å².